The molecule has 0 aliphatic carbocycles. The smallest absolute Gasteiger partial charge is 0.269 e. The summed E-state index contributed by atoms with van der Waals surface area (Å²) in [6.07, 6.45) is 0. The number of hydrogen-bond donors (Lipinski definition) is 1. The third-order valence-electron chi connectivity index (χ3n) is 5.66. The van der Waals surface area contributed by atoms with E-state index < -0.39 is 4.92 Å². The number of aromatic nitrogens is 1. The lowest BCUT2D eigenvalue weighted by atomic mass is 10.1. The number of nitro groups is 1. The van der Waals surface area contributed by atoms with Crippen LogP contribution in [0.25, 0.3) is 0 Å². The van der Waals surface area contributed by atoms with Gasteiger partial charge in [0.2, 0.25) is 4.80 Å². The zero-order valence-electron chi connectivity index (χ0n) is 19.7. The van der Waals surface area contributed by atoms with Crippen LogP contribution in [-0.2, 0) is 7.05 Å². The summed E-state index contributed by atoms with van der Waals surface area (Å²) in [5.41, 5.74) is 5.37. The van der Waals surface area contributed by atoms with Crippen LogP contribution in [0, 0.1) is 17.0 Å². The maximum atomic E-state index is 10.8. The molecule has 0 saturated carbocycles. The van der Waals surface area contributed by atoms with Crippen molar-refractivity contribution >= 4 is 56.6 Å². The van der Waals surface area contributed by atoms with Crippen molar-refractivity contribution in [2.45, 2.75) is 23.6 Å². The topological polar surface area (TPSA) is 110 Å². The van der Waals surface area contributed by atoms with Gasteiger partial charge in [0.1, 0.15) is 0 Å². The average Bonchev–Trinajstić information content (AvgIpc) is 3.17. The Labute approximate surface area is 215 Å². The third-order valence-corrected chi connectivity index (χ3v) is 7.92. The summed E-state index contributed by atoms with van der Waals surface area (Å²) < 4.78 is 1.91. The van der Waals surface area contributed by atoms with E-state index in [1.54, 1.807) is 23.9 Å². The number of benzene rings is 3. The van der Waals surface area contributed by atoms with Crippen LogP contribution in [0.1, 0.15) is 18.2 Å². The molecule has 9 nitrogen and oxygen atoms in total. The number of thiazole rings is 1. The Hall–Kier alpha value is -4.09. The number of azo groups is 1. The van der Waals surface area contributed by atoms with Crippen LogP contribution in [0.4, 0.5) is 27.8 Å². The van der Waals surface area contributed by atoms with Crippen molar-refractivity contribution in [3.05, 3.63) is 92.9 Å². The van der Waals surface area contributed by atoms with Crippen LogP contribution in [-0.4, -0.2) is 15.2 Å². The third kappa shape index (κ3) is 4.83. The van der Waals surface area contributed by atoms with E-state index >= 15 is 0 Å². The summed E-state index contributed by atoms with van der Waals surface area (Å²) in [5, 5.41) is 32.5. The van der Waals surface area contributed by atoms with Crippen LogP contribution in [0.2, 0.25) is 0 Å². The largest absolute Gasteiger partial charge is 0.354 e. The molecule has 4 aromatic rings. The number of rotatable bonds is 5. The second-order valence-corrected chi connectivity index (χ2v) is 10.1. The first-order valence-corrected chi connectivity index (χ1v) is 12.6. The molecule has 1 aromatic heterocycles. The van der Waals surface area contributed by atoms with Crippen molar-refractivity contribution < 1.29 is 4.92 Å². The fourth-order valence-corrected chi connectivity index (χ4v) is 5.34. The van der Waals surface area contributed by atoms with Crippen LogP contribution in [0.3, 0.4) is 0 Å². The van der Waals surface area contributed by atoms with Crippen molar-refractivity contribution in [2.75, 3.05) is 5.32 Å². The molecule has 11 heteroatoms. The van der Waals surface area contributed by atoms with Crippen LogP contribution in [0.5, 0.6) is 0 Å². The number of para-hydroxylation sites is 1. The molecule has 5 rings (SSSR count). The lowest BCUT2D eigenvalue weighted by Gasteiger charge is -2.21. The van der Waals surface area contributed by atoms with Crippen molar-refractivity contribution in [2.24, 2.45) is 27.5 Å². The highest BCUT2D eigenvalue weighted by Gasteiger charge is 2.16. The SMILES string of the molecule is CC(=NN=c1sc(N=Nc2ccc([N+](=O)[O-])cc2)c(C)n1C)c1ccc2c(c1)Nc1ccccc1S2. The van der Waals surface area contributed by atoms with E-state index in [1.165, 1.54) is 33.3 Å². The average molecular weight is 516 g/mol. The maximum absolute atomic E-state index is 10.8. The Kier molecular flexibility index (Phi) is 6.49. The Bertz CT molecular complexity index is 1600. The molecule has 0 amide bonds. The first-order valence-electron chi connectivity index (χ1n) is 11.0. The van der Waals surface area contributed by atoms with E-state index in [0.29, 0.717) is 15.5 Å². The van der Waals surface area contributed by atoms with Gasteiger partial charge in [-0.25, -0.2) is 0 Å². The van der Waals surface area contributed by atoms with Gasteiger partial charge in [-0.15, -0.1) is 15.3 Å². The Morgan fingerprint density at radius 2 is 1.75 bits per heavy atom. The predicted molar refractivity (Wildman–Crippen MR) is 143 cm³/mol. The molecule has 2 heterocycles. The number of non-ortho nitro benzene ring substituents is 1. The Morgan fingerprint density at radius 3 is 2.53 bits per heavy atom. The zero-order valence-corrected chi connectivity index (χ0v) is 21.3. The molecular formula is C25H21N7O2S2. The molecule has 1 N–H and O–H groups in total. The molecule has 0 radical (unpaired) electrons. The van der Waals surface area contributed by atoms with Gasteiger partial charge in [-0.2, -0.15) is 5.10 Å². The normalized spacial score (nSPS) is 13.4. The summed E-state index contributed by atoms with van der Waals surface area (Å²) in [5.74, 6) is 0. The number of nitro benzene ring substituents is 1. The molecule has 0 atom stereocenters. The minimum atomic E-state index is -0.445. The Balaban J connectivity index is 1.37. The van der Waals surface area contributed by atoms with Gasteiger partial charge in [0, 0.05) is 29.0 Å². The van der Waals surface area contributed by atoms with Gasteiger partial charge in [-0.05, 0) is 55.8 Å². The minimum Gasteiger partial charge on any atom is -0.354 e. The van der Waals surface area contributed by atoms with Gasteiger partial charge in [0.05, 0.1) is 33.4 Å². The van der Waals surface area contributed by atoms with Gasteiger partial charge >= 0.3 is 0 Å². The molecule has 36 heavy (non-hydrogen) atoms. The van der Waals surface area contributed by atoms with Gasteiger partial charge < -0.3 is 9.88 Å². The molecule has 0 saturated heterocycles. The van der Waals surface area contributed by atoms with Crippen LogP contribution >= 0.6 is 23.1 Å². The monoisotopic (exact) mass is 515 g/mol. The molecular weight excluding hydrogens is 494 g/mol. The molecule has 3 aromatic carbocycles. The van der Waals surface area contributed by atoms with E-state index in [-0.39, 0.29) is 5.69 Å². The fraction of sp³-hybridized carbons (Fsp3) is 0.120. The predicted octanol–water partition coefficient (Wildman–Crippen LogP) is 7.25. The Morgan fingerprint density at radius 1 is 1.00 bits per heavy atom. The highest BCUT2D eigenvalue weighted by atomic mass is 32.2. The number of fused-ring (bicyclic) bond motifs is 2. The molecule has 0 unspecified atom stereocenters. The number of nitrogens with zero attached hydrogens (tertiary/aromatic N) is 6. The number of anilines is 2. The quantitative estimate of drug-likeness (QED) is 0.115. The molecule has 0 fully saturated rings. The van der Waals surface area contributed by atoms with Crippen LogP contribution < -0.4 is 10.1 Å². The molecule has 1 aliphatic rings. The van der Waals surface area contributed by atoms with E-state index in [0.717, 1.165) is 28.3 Å². The van der Waals surface area contributed by atoms with Gasteiger partial charge in [-0.3, -0.25) is 10.1 Å². The lowest BCUT2D eigenvalue weighted by molar-refractivity contribution is -0.384. The van der Waals surface area contributed by atoms with Gasteiger partial charge in [0.25, 0.3) is 5.69 Å². The highest BCUT2D eigenvalue weighted by molar-refractivity contribution is 7.99. The molecule has 0 bridgehead atoms. The minimum absolute atomic E-state index is 0.0141. The lowest BCUT2D eigenvalue weighted by Crippen LogP contribution is -2.11. The van der Waals surface area contributed by atoms with E-state index in [2.05, 4.69) is 56.1 Å². The first-order chi connectivity index (χ1) is 17.4. The zero-order chi connectivity index (χ0) is 25.2. The molecule has 180 valence electrons. The van der Waals surface area contributed by atoms with Gasteiger partial charge in [0.15, 0.2) is 5.00 Å². The second kappa shape index (κ2) is 9.88. The summed E-state index contributed by atoms with van der Waals surface area (Å²) in [6, 6.07) is 20.4. The standard InChI is InChI=1S/C25H21N7O2S2/c1-15(17-8-13-23-21(14-17)26-20-6-4-5-7-22(20)35-23)27-30-25-31(3)16(2)24(36-25)29-28-18-9-11-19(12-10-18)32(33)34/h4-14,26H,1-3H3. The summed E-state index contributed by atoms with van der Waals surface area (Å²) in [4.78, 5) is 13.4. The first kappa shape index (κ1) is 23.6. The van der Waals surface area contributed by atoms with E-state index in [4.69, 9.17) is 0 Å². The summed E-state index contributed by atoms with van der Waals surface area (Å²) in [7, 11) is 1.90. The molecule has 0 spiro atoms. The highest BCUT2D eigenvalue weighted by Crippen LogP contribution is 2.44. The van der Waals surface area contributed by atoms with Gasteiger partial charge in [-0.1, -0.05) is 41.3 Å². The van der Waals surface area contributed by atoms with Crippen molar-refractivity contribution in [3.63, 3.8) is 0 Å². The van der Waals surface area contributed by atoms with Crippen molar-refractivity contribution in [1.29, 1.82) is 0 Å². The number of hydrogen-bond acceptors (Lipinski definition) is 9. The van der Waals surface area contributed by atoms with E-state index in [9.17, 15) is 10.1 Å². The van der Waals surface area contributed by atoms with Crippen molar-refractivity contribution in [3.8, 4) is 0 Å². The summed E-state index contributed by atoms with van der Waals surface area (Å²) in [6.45, 7) is 3.87. The van der Waals surface area contributed by atoms with Crippen LogP contribution in [0.15, 0.2) is 97.0 Å². The van der Waals surface area contributed by atoms with E-state index in [1.807, 2.05) is 37.6 Å². The summed E-state index contributed by atoms with van der Waals surface area (Å²) >= 11 is 3.12. The maximum Gasteiger partial charge on any atom is 0.269 e. The number of nitrogens with one attached hydrogen (secondary N) is 1. The molecule has 1 aliphatic heterocycles. The second-order valence-electron chi connectivity index (χ2n) is 8.03. The van der Waals surface area contributed by atoms with Crippen molar-refractivity contribution in [1.82, 2.24) is 4.57 Å². The fourth-order valence-electron chi connectivity index (χ4n) is 3.48.